The maximum Gasteiger partial charge on any atom is 0.260 e. The minimum Gasteiger partial charge on any atom is -0.495 e. The highest BCUT2D eigenvalue weighted by atomic mass is 35.5. The quantitative estimate of drug-likeness (QED) is 0.395. The largest absolute Gasteiger partial charge is 0.495 e. The first-order valence-corrected chi connectivity index (χ1v) is 12.7. The molecule has 2 aromatic heterocycles. The van der Waals surface area contributed by atoms with Crippen molar-refractivity contribution in [1.82, 2.24) is 24.3 Å². The number of amides is 2. The monoisotopic (exact) mass is 562 g/mol. The van der Waals surface area contributed by atoms with Crippen molar-refractivity contribution < 1.29 is 19.1 Å². The van der Waals surface area contributed by atoms with Crippen LogP contribution in [-0.2, 0) is 16.1 Å². The third kappa shape index (κ3) is 5.69. The van der Waals surface area contributed by atoms with E-state index in [-0.39, 0.29) is 38.6 Å². The van der Waals surface area contributed by atoms with E-state index in [0.29, 0.717) is 48.6 Å². The summed E-state index contributed by atoms with van der Waals surface area (Å²) in [4.78, 5) is 49.2. The van der Waals surface area contributed by atoms with Crippen molar-refractivity contribution in [2.75, 3.05) is 52.3 Å². The molecule has 3 heterocycles. The lowest BCUT2D eigenvalue weighted by atomic mass is 10.0. The number of nitrogens with one attached hydrogen (secondary N) is 1. The van der Waals surface area contributed by atoms with Gasteiger partial charge in [-0.3, -0.25) is 29.2 Å². The number of piperazine rings is 1. The molecule has 38 heavy (non-hydrogen) atoms. The number of aryl methyl sites for hydroxylation is 1. The summed E-state index contributed by atoms with van der Waals surface area (Å²) in [6, 6.07) is 3.18. The van der Waals surface area contributed by atoms with E-state index in [2.05, 4.69) is 20.2 Å². The molecule has 2 amide bonds. The van der Waals surface area contributed by atoms with Crippen LogP contribution in [0.5, 0.6) is 11.5 Å². The van der Waals surface area contributed by atoms with E-state index >= 15 is 0 Å². The van der Waals surface area contributed by atoms with Crippen molar-refractivity contribution in [2.24, 2.45) is 0 Å². The van der Waals surface area contributed by atoms with Crippen molar-refractivity contribution >= 4 is 52.5 Å². The van der Waals surface area contributed by atoms with Crippen molar-refractivity contribution in [1.29, 1.82) is 0 Å². The molecule has 202 valence electrons. The molecule has 0 spiro atoms. The number of benzene rings is 1. The van der Waals surface area contributed by atoms with E-state index in [0.717, 1.165) is 26.0 Å². The number of aromatic nitrogens is 3. The lowest BCUT2D eigenvalue weighted by Crippen LogP contribution is -2.46. The second kappa shape index (κ2) is 12.0. The molecule has 0 bridgehead atoms. The topological polar surface area (TPSA) is 119 Å². The van der Waals surface area contributed by atoms with E-state index in [4.69, 9.17) is 32.7 Å². The Labute approximate surface area is 229 Å². The summed E-state index contributed by atoms with van der Waals surface area (Å²) in [5.41, 5.74) is 0.515. The second-order valence-electron chi connectivity index (χ2n) is 8.79. The van der Waals surface area contributed by atoms with Gasteiger partial charge in [0.05, 0.1) is 29.8 Å². The van der Waals surface area contributed by atoms with E-state index < -0.39 is 0 Å². The highest BCUT2D eigenvalue weighted by molar-refractivity contribution is 6.41. The van der Waals surface area contributed by atoms with Crippen LogP contribution in [0.1, 0.15) is 13.3 Å². The molecule has 3 aromatic rings. The standard InChI is InChI=1S/C25H28Cl2N6O5/c1-15(35)29-25-28-13-16-11-17(20-21(26)18(37-2)12-19(38-3)22(20)27)24(36)33(23(16)30-25)6-4-5-31-7-9-32(14-34)10-8-31/h11-14H,4-10H2,1-3H3,(H,28,29,30,35). The molecular weight excluding hydrogens is 535 g/mol. The molecular formula is C25H28Cl2N6O5. The number of nitrogens with zero attached hydrogens (tertiary/aromatic N) is 5. The molecule has 13 heteroatoms. The van der Waals surface area contributed by atoms with Gasteiger partial charge in [-0.2, -0.15) is 4.98 Å². The van der Waals surface area contributed by atoms with Crippen LogP contribution in [0.15, 0.2) is 23.1 Å². The third-order valence-electron chi connectivity index (χ3n) is 6.37. The average molecular weight is 563 g/mol. The Morgan fingerprint density at radius 1 is 1.08 bits per heavy atom. The van der Waals surface area contributed by atoms with Gasteiger partial charge in [0.2, 0.25) is 18.3 Å². The molecule has 1 fully saturated rings. The molecule has 0 atom stereocenters. The number of hydrogen-bond donors (Lipinski definition) is 1. The van der Waals surface area contributed by atoms with Gasteiger partial charge in [0.15, 0.2) is 0 Å². The molecule has 0 unspecified atom stereocenters. The van der Waals surface area contributed by atoms with Crippen LogP contribution in [0.25, 0.3) is 22.2 Å². The zero-order valence-corrected chi connectivity index (χ0v) is 22.8. The Hall–Kier alpha value is -3.41. The summed E-state index contributed by atoms with van der Waals surface area (Å²) in [5, 5.41) is 3.46. The van der Waals surface area contributed by atoms with E-state index in [1.165, 1.54) is 31.9 Å². The summed E-state index contributed by atoms with van der Waals surface area (Å²) in [5.74, 6) is 0.378. The summed E-state index contributed by atoms with van der Waals surface area (Å²) in [6.45, 7) is 5.28. The van der Waals surface area contributed by atoms with Crippen molar-refractivity contribution in [2.45, 2.75) is 19.9 Å². The van der Waals surface area contributed by atoms with Crippen molar-refractivity contribution in [3.63, 3.8) is 0 Å². The van der Waals surface area contributed by atoms with Crippen molar-refractivity contribution in [3.8, 4) is 22.6 Å². The number of carbonyl (C=O) groups is 2. The van der Waals surface area contributed by atoms with Crippen LogP contribution >= 0.6 is 23.2 Å². The first-order valence-electron chi connectivity index (χ1n) is 12.0. The molecule has 1 saturated heterocycles. The zero-order chi connectivity index (χ0) is 27.4. The fourth-order valence-electron chi connectivity index (χ4n) is 4.43. The maximum atomic E-state index is 13.9. The average Bonchev–Trinajstić information content (AvgIpc) is 2.91. The predicted molar refractivity (Wildman–Crippen MR) is 145 cm³/mol. The number of halogens is 2. The van der Waals surface area contributed by atoms with Gasteiger partial charge in [-0.25, -0.2) is 4.98 Å². The molecule has 11 nitrogen and oxygen atoms in total. The molecule has 1 aliphatic rings. The predicted octanol–water partition coefficient (Wildman–Crippen LogP) is 2.91. The second-order valence-corrected chi connectivity index (χ2v) is 9.55. The lowest BCUT2D eigenvalue weighted by molar-refractivity contribution is -0.119. The van der Waals surface area contributed by atoms with Crippen molar-refractivity contribution in [3.05, 3.63) is 38.7 Å². The first kappa shape index (κ1) is 27.6. The Morgan fingerprint density at radius 3 is 2.32 bits per heavy atom. The van der Waals surface area contributed by atoms with E-state index in [1.807, 2.05) is 0 Å². The number of methoxy groups -OCH3 is 2. The zero-order valence-electron chi connectivity index (χ0n) is 21.3. The van der Waals surface area contributed by atoms with Crippen LogP contribution in [0, 0.1) is 0 Å². The Morgan fingerprint density at radius 2 is 1.74 bits per heavy atom. The highest BCUT2D eigenvalue weighted by Crippen LogP contribution is 2.45. The number of rotatable bonds is 9. The molecule has 1 N–H and O–H groups in total. The van der Waals surface area contributed by atoms with E-state index in [9.17, 15) is 14.4 Å². The smallest absolute Gasteiger partial charge is 0.260 e. The number of pyridine rings is 1. The molecule has 0 saturated carbocycles. The number of carbonyl (C=O) groups excluding carboxylic acids is 2. The van der Waals surface area contributed by atoms with Crippen LogP contribution < -0.4 is 20.3 Å². The molecule has 1 aromatic carbocycles. The summed E-state index contributed by atoms with van der Waals surface area (Å²) in [7, 11) is 2.92. The fraction of sp³-hybridized carbons (Fsp3) is 0.400. The van der Waals surface area contributed by atoms with Gasteiger partial charge in [0.1, 0.15) is 17.1 Å². The Kier molecular flexibility index (Phi) is 8.70. The van der Waals surface area contributed by atoms with Gasteiger partial charge in [0, 0.05) is 62.9 Å². The van der Waals surface area contributed by atoms with Crippen LogP contribution in [0.3, 0.4) is 0 Å². The SMILES string of the molecule is COc1cc(OC)c(Cl)c(-c2cc3cnc(NC(C)=O)nc3n(CCCN3CCN(C=O)CC3)c2=O)c1Cl. The summed E-state index contributed by atoms with van der Waals surface area (Å²) >= 11 is 13.3. The molecule has 0 aliphatic carbocycles. The number of anilines is 1. The number of ether oxygens (including phenoxy) is 2. The highest BCUT2D eigenvalue weighted by Gasteiger charge is 2.23. The number of fused-ring (bicyclic) bond motifs is 1. The van der Waals surface area contributed by atoms with Crippen LogP contribution in [-0.4, -0.2) is 83.6 Å². The van der Waals surface area contributed by atoms with E-state index in [1.54, 1.807) is 17.0 Å². The molecule has 1 aliphatic heterocycles. The van der Waals surface area contributed by atoms with Gasteiger partial charge in [0.25, 0.3) is 5.56 Å². The van der Waals surface area contributed by atoms with Gasteiger partial charge >= 0.3 is 0 Å². The number of hydrogen-bond acceptors (Lipinski definition) is 8. The minimum atomic E-state index is -0.366. The fourth-order valence-corrected chi connectivity index (χ4v) is 5.13. The van der Waals surface area contributed by atoms with Gasteiger partial charge < -0.3 is 14.4 Å². The van der Waals surface area contributed by atoms with Gasteiger partial charge in [-0.1, -0.05) is 23.2 Å². The third-order valence-corrected chi connectivity index (χ3v) is 7.12. The van der Waals surface area contributed by atoms with Crippen LogP contribution in [0.2, 0.25) is 10.0 Å². The summed E-state index contributed by atoms with van der Waals surface area (Å²) in [6.07, 6.45) is 3.04. The van der Waals surface area contributed by atoms with Gasteiger partial charge in [-0.15, -0.1) is 0 Å². The van der Waals surface area contributed by atoms with Gasteiger partial charge in [-0.05, 0) is 19.0 Å². The summed E-state index contributed by atoms with van der Waals surface area (Å²) < 4.78 is 12.3. The Bertz CT molecular complexity index is 1390. The van der Waals surface area contributed by atoms with Crippen LogP contribution in [0.4, 0.5) is 5.95 Å². The Balaban J connectivity index is 1.79. The lowest BCUT2D eigenvalue weighted by Gasteiger charge is -2.32. The maximum absolute atomic E-state index is 13.9. The molecule has 0 radical (unpaired) electrons. The first-order chi connectivity index (χ1) is 18.3. The molecule has 4 rings (SSSR count). The minimum absolute atomic E-state index is 0.0926. The normalized spacial score (nSPS) is 14.0.